The molecule has 0 aromatic carbocycles. The van der Waals surface area contributed by atoms with Gasteiger partial charge in [-0.15, -0.1) is 11.3 Å². The number of hydrogen-bond acceptors (Lipinski definition) is 3. The van der Waals surface area contributed by atoms with Crippen molar-refractivity contribution in [1.29, 1.82) is 0 Å². The summed E-state index contributed by atoms with van der Waals surface area (Å²) in [7, 11) is 0. The summed E-state index contributed by atoms with van der Waals surface area (Å²) in [6.07, 6.45) is 3.18. The van der Waals surface area contributed by atoms with E-state index < -0.39 is 0 Å². The van der Waals surface area contributed by atoms with Gasteiger partial charge in [-0.3, -0.25) is 4.68 Å². The van der Waals surface area contributed by atoms with Gasteiger partial charge in [-0.1, -0.05) is 20.8 Å². The number of rotatable bonds is 6. The SMILES string of the molecule is CCc1ccc(Cn2ccc(CNC(C)C)n2)s1. The van der Waals surface area contributed by atoms with E-state index in [9.17, 15) is 0 Å². The van der Waals surface area contributed by atoms with Gasteiger partial charge in [-0.2, -0.15) is 5.10 Å². The quantitative estimate of drug-likeness (QED) is 0.868. The lowest BCUT2D eigenvalue weighted by Crippen LogP contribution is -2.22. The van der Waals surface area contributed by atoms with Crippen LogP contribution in [-0.2, 0) is 19.5 Å². The first kappa shape index (κ1) is 13.3. The molecule has 0 saturated heterocycles. The van der Waals surface area contributed by atoms with E-state index >= 15 is 0 Å². The summed E-state index contributed by atoms with van der Waals surface area (Å²) in [5, 5.41) is 7.95. The molecule has 0 unspecified atom stereocenters. The van der Waals surface area contributed by atoms with Crippen LogP contribution in [0.2, 0.25) is 0 Å². The summed E-state index contributed by atoms with van der Waals surface area (Å²) in [6.45, 7) is 8.21. The van der Waals surface area contributed by atoms with Crippen molar-refractivity contribution in [3.63, 3.8) is 0 Å². The summed E-state index contributed by atoms with van der Waals surface area (Å²) < 4.78 is 2.02. The fourth-order valence-electron chi connectivity index (χ4n) is 1.75. The molecule has 0 aliphatic heterocycles. The molecular formula is C14H21N3S. The highest BCUT2D eigenvalue weighted by Gasteiger charge is 2.03. The molecule has 0 saturated carbocycles. The number of nitrogens with one attached hydrogen (secondary N) is 1. The normalized spacial score (nSPS) is 11.3. The van der Waals surface area contributed by atoms with Gasteiger partial charge < -0.3 is 5.32 Å². The summed E-state index contributed by atoms with van der Waals surface area (Å²) in [5.41, 5.74) is 1.11. The van der Waals surface area contributed by atoms with Crippen molar-refractivity contribution >= 4 is 11.3 Å². The molecule has 2 aromatic heterocycles. The maximum atomic E-state index is 4.57. The second kappa shape index (κ2) is 6.16. The second-order valence-electron chi connectivity index (χ2n) is 4.76. The topological polar surface area (TPSA) is 29.9 Å². The number of nitrogens with zero attached hydrogens (tertiary/aromatic N) is 2. The molecule has 0 bridgehead atoms. The summed E-state index contributed by atoms with van der Waals surface area (Å²) >= 11 is 1.88. The number of thiophene rings is 1. The zero-order valence-electron chi connectivity index (χ0n) is 11.3. The number of hydrogen-bond donors (Lipinski definition) is 1. The van der Waals surface area contributed by atoms with Crippen molar-refractivity contribution in [3.8, 4) is 0 Å². The summed E-state index contributed by atoms with van der Waals surface area (Å²) in [5.74, 6) is 0. The minimum Gasteiger partial charge on any atom is -0.309 e. The van der Waals surface area contributed by atoms with Gasteiger partial charge in [0.25, 0.3) is 0 Å². The van der Waals surface area contributed by atoms with Crippen molar-refractivity contribution in [2.45, 2.75) is 46.3 Å². The number of aryl methyl sites for hydroxylation is 1. The van der Waals surface area contributed by atoms with E-state index in [4.69, 9.17) is 0 Å². The lowest BCUT2D eigenvalue weighted by Gasteiger charge is -2.05. The molecule has 2 heterocycles. The van der Waals surface area contributed by atoms with Crippen LogP contribution in [0.1, 0.15) is 36.2 Å². The predicted molar refractivity (Wildman–Crippen MR) is 77.0 cm³/mol. The molecule has 0 aliphatic rings. The van der Waals surface area contributed by atoms with Gasteiger partial charge in [0.05, 0.1) is 12.2 Å². The first-order chi connectivity index (χ1) is 8.67. The molecule has 1 N–H and O–H groups in total. The van der Waals surface area contributed by atoms with Crippen LogP contribution in [0.5, 0.6) is 0 Å². The van der Waals surface area contributed by atoms with E-state index in [0.29, 0.717) is 6.04 Å². The Balaban J connectivity index is 1.93. The minimum absolute atomic E-state index is 0.500. The lowest BCUT2D eigenvalue weighted by molar-refractivity contribution is 0.570. The van der Waals surface area contributed by atoms with Crippen molar-refractivity contribution in [2.24, 2.45) is 0 Å². The van der Waals surface area contributed by atoms with Gasteiger partial charge in [0, 0.05) is 28.5 Å². The molecule has 98 valence electrons. The van der Waals surface area contributed by atoms with Gasteiger partial charge >= 0.3 is 0 Å². The monoisotopic (exact) mass is 263 g/mol. The first-order valence-corrected chi connectivity index (χ1v) is 7.32. The molecule has 3 nitrogen and oxygen atoms in total. The first-order valence-electron chi connectivity index (χ1n) is 6.50. The van der Waals surface area contributed by atoms with Crippen LogP contribution in [0.4, 0.5) is 0 Å². The molecule has 18 heavy (non-hydrogen) atoms. The predicted octanol–water partition coefficient (Wildman–Crippen LogP) is 3.05. The third kappa shape index (κ3) is 3.68. The van der Waals surface area contributed by atoms with Gasteiger partial charge in [0.15, 0.2) is 0 Å². The Morgan fingerprint density at radius 2 is 2.06 bits per heavy atom. The summed E-state index contributed by atoms with van der Waals surface area (Å²) in [4.78, 5) is 2.82. The zero-order valence-corrected chi connectivity index (χ0v) is 12.1. The Kier molecular flexibility index (Phi) is 4.55. The van der Waals surface area contributed by atoms with E-state index in [2.05, 4.69) is 55.6 Å². The second-order valence-corrected chi connectivity index (χ2v) is 6.01. The lowest BCUT2D eigenvalue weighted by atomic mass is 10.3. The van der Waals surface area contributed by atoms with E-state index in [-0.39, 0.29) is 0 Å². The van der Waals surface area contributed by atoms with Gasteiger partial charge in [0.1, 0.15) is 0 Å². The van der Waals surface area contributed by atoms with E-state index in [1.807, 2.05) is 16.0 Å². The molecule has 0 atom stereocenters. The Labute approximate surface area is 113 Å². The number of aromatic nitrogens is 2. The Morgan fingerprint density at radius 1 is 1.28 bits per heavy atom. The molecule has 0 spiro atoms. The standard InChI is InChI=1S/C14H21N3S/c1-4-13-5-6-14(18-13)10-17-8-7-12(16-17)9-15-11(2)3/h5-8,11,15H,4,9-10H2,1-3H3. The smallest absolute Gasteiger partial charge is 0.0762 e. The molecular weight excluding hydrogens is 242 g/mol. The average Bonchev–Trinajstić information content (AvgIpc) is 2.96. The van der Waals surface area contributed by atoms with Crippen molar-refractivity contribution in [3.05, 3.63) is 39.8 Å². The van der Waals surface area contributed by atoms with Gasteiger partial charge in [-0.25, -0.2) is 0 Å². The highest BCUT2D eigenvalue weighted by molar-refractivity contribution is 7.11. The Bertz CT molecular complexity index is 485. The van der Waals surface area contributed by atoms with Gasteiger partial charge in [0.2, 0.25) is 0 Å². The highest BCUT2D eigenvalue weighted by Crippen LogP contribution is 2.17. The van der Waals surface area contributed by atoms with Crippen molar-refractivity contribution < 1.29 is 0 Å². The van der Waals surface area contributed by atoms with Crippen molar-refractivity contribution in [1.82, 2.24) is 15.1 Å². The molecule has 0 aliphatic carbocycles. The molecule has 0 amide bonds. The minimum atomic E-state index is 0.500. The van der Waals surface area contributed by atoms with Crippen LogP contribution in [0.15, 0.2) is 24.4 Å². The molecule has 2 aromatic rings. The van der Waals surface area contributed by atoms with Crippen LogP contribution < -0.4 is 5.32 Å². The van der Waals surface area contributed by atoms with Crippen LogP contribution in [-0.4, -0.2) is 15.8 Å². The Hall–Kier alpha value is -1.13. The van der Waals surface area contributed by atoms with Crippen LogP contribution in [0.3, 0.4) is 0 Å². The van der Waals surface area contributed by atoms with Gasteiger partial charge in [-0.05, 0) is 24.6 Å². The molecule has 0 radical (unpaired) electrons. The fraction of sp³-hybridized carbons (Fsp3) is 0.500. The highest BCUT2D eigenvalue weighted by atomic mass is 32.1. The zero-order chi connectivity index (χ0) is 13.0. The van der Waals surface area contributed by atoms with Crippen LogP contribution >= 0.6 is 11.3 Å². The van der Waals surface area contributed by atoms with Crippen LogP contribution in [0.25, 0.3) is 0 Å². The molecule has 0 fully saturated rings. The third-order valence-electron chi connectivity index (χ3n) is 2.77. The fourth-order valence-corrected chi connectivity index (χ4v) is 2.70. The maximum Gasteiger partial charge on any atom is 0.0762 e. The van der Waals surface area contributed by atoms with E-state index in [1.165, 1.54) is 9.75 Å². The average molecular weight is 263 g/mol. The summed E-state index contributed by atoms with van der Waals surface area (Å²) in [6, 6.07) is 7.01. The largest absolute Gasteiger partial charge is 0.309 e. The molecule has 4 heteroatoms. The third-order valence-corrected chi connectivity index (χ3v) is 3.99. The molecule has 2 rings (SSSR count). The van der Waals surface area contributed by atoms with Crippen molar-refractivity contribution in [2.75, 3.05) is 0 Å². The maximum absolute atomic E-state index is 4.57. The Morgan fingerprint density at radius 3 is 2.72 bits per heavy atom. The van der Waals surface area contributed by atoms with E-state index in [0.717, 1.165) is 25.2 Å². The van der Waals surface area contributed by atoms with E-state index in [1.54, 1.807) is 0 Å². The van der Waals surface area contributed by atoms with Crippen LogP contribution in [0, 0.1) is 0 Å².